The number of unbranched alkanes of at least 4 members (excludes halogenated alkanes) is 6. The molecule has 0 atom stereocenters. The van der Waals surface area contributed by atoms with Crippen LogP contribution in [0.3, 0.4) is 0 Å². The summed E-state index contributed by atoms with van der Waals surface area (Å²) in [6.07, 6.45) is 14.8. The van der Waals surface area contributed by atoms with Gasteiger partial charge in [-0.3, -0.25) is 0 Å². The van der Waals surface area contributed by atoms with E-state index < -0.39 is 12.6 Å². The van der Waals surface area contributed by atoms with Gasteiger partial charge in [0.1, 0.15) is 0 Å². The molecule has 1 aromatic rings. The van der Waals surface area contributed by atoms with Crippen molar-refractivity contribution in [2.45, 2.75) is 128 Å². The predicted octanol–water partition coefficient (Wildman–Crippen LogP) is 9.39. The molecule has 4 heteroatoms. The first-order valence-electron chi connectivity index (χ1n) is 13.7. The van der Waals surface area contributed by atoms with Gasteiger partial charge in [0, 0.05) is 6.61 Å². The zero-order valence-corrected chi connectivity index (χ0v) is 20.7. The highest BCUT2D eigenvalue weighted by molar-refractivity contribution is 5.26. The molecule has 2 aliphatic rings. The Morgan fingerprint density at radius 2 is 1.27 bits per heavy atom. The topological polar surface area (TPSA) is 9.23 Å². The van der Waals surface area contributed by atoms with E-state index in [0.29, 0.717) is 17.6 Å². The van der Waals surface area contributed by atoms with Crippen LogP contribution in [0.15, 0.2) is 24.3 Å². The van der Waals surface area contributed by atoms with Crippen LogP contribution in [0, 0.1) is 11.8 Å². The van der Waals surface area contributed by atoms with Crippen LogP contribution >= 0.6 is 0 Å². The maximum atomic E-state index is 12.6. The molecule has 0 radical (unpaired) electrons. The van der Waals surface area contributed by atoms with Gasteiger partial charge in [0.25, 0.3) is 0 Å². The van der Waals surface area contributed by atoms with Gasteiger partial charge >= 0.3 is 6.18 Å². The van der Waals surface area contributed by atoms with Gasteiger partial charge in [0.2, 0.25) is 0 Å². The van der Waals surface area contributed by atoms with Crippen molar-refractivity contribution < 1.29 is 17.9 Å². The van der Waals surface area contributed by atoms with Gasteiger partial charge in [-0.2, -0.15) is 13.2 Å². The highest BCUT2D eigenvalue weighted by Crippen LogP contribution is 2.43. The Kier molecular flexibility index (Phi) is 11.1. The quantitative estimate of drug-likeness (QED) is 0.279. The molecule has 0 amide bonds. The first-order valence-corrected chi connectivity index (χ1v) is 13.7. The largest absolute Gasteiger partial charge is 0.393 e. The third-order valence-electron chi connectivity index (χ3n) is 8.11. The van der Waals surface area contributed by atoms with Gasteiger partial charge in [-0.1, -0.05) is 69.7 Å². The molecule has 188 valence electrons. The van der Waals surface area contributed by atoms with E-state index in [2.05, 4.69) is 6.92 Å². The van der Waals surface area contributed by atoms with Crippen LogP contribution in [0.25, 0.3) is 0 Å². The van der Waals surface area contributed by atoms with E-state index in [1.807, 2.05) is 12.1 Å². The second-order valence-electron chi connectivity index (χ2n) is 10.7. The summed E-state index contributed by atoms with van der Waals surface area (Å²) >= 11 is 0. The van der Waals surface area contributed by atoms with E-state index in [1.54, 1.807) is 12.1 Å². The first kappa shape index (κ1) is 26.6. The lowest BCUT2D eigenvalue weighted by molar-refractivity contribution is -0.127. The summed E-state index contributed by atoms with van der Waals surface area (Å²) in [6, 6.07) is 7.20. The summed E-state index contributed by atoms with van der Waals surface area (Å²) < 4.78 is 43.9. The molecule has 0 heterocycles. The number of benzene rings is 1. The SMILES string of the molecule is CCCCCCCCCOC1CCC(C2CCC(c3ccc(CC(F)(F)F)cc3)CC2)CC1. The number of alkyl halides is 3. The number of hydrogen-bond acceptors (Lipinski definition) is 1. The van der Waals surface area contributed by atoms with Crippen LogP contribution in [-0.4, -0.2) is 18.9 Å². The predicted molar refractivity (Wildman–Crippen MR) is 131 cm³/mol. The molecule has 1 aromatic carbocycles. The normalized spacial score (nSPS) is 26.4. The number of ether oxygens (including phenoxy) is 1. The zero-order valence-electron chi connectivity index (χ0n) is 20.7. The molecular weight excluding hydrogens is 421 g/mol. The van der Waals surface area contributed by atoms with Gasteiger partial charge in [0.15, 0.2) is 0 Å². The van der Waals surface area contributed by atoms with Gasteiger partial charge in [-0.15, -0.1) is 0 Å². The molecular formula is C29H45F3O. The van der Waals surface area contributed by atoms with E-state index in [4.69, 9.17) is 4.74 Å². The lowest BCUT2D eigenvalue weighted by Crippen LogP contribution is -2.28. The van der Waals surface area contributed by atoms with Crippen molar-refractivity contribution in [2.75, 3.05) is 6.61 Å². The molecule has 0 aromatic heterocycles. The lowest BCUT2D eigenvalue weighted by Gasteiger charge is -2.38. The van der Waals surface area contributed by atoms with E-state index in [9.17, 15) is 13.2 Å². The minimum atomic E-state index is -4.13. The Bertz CT molecular complexity index is 638. The summed E-state index contributed by atoms with van der Waals surface area (Å²) in [4.78, 5) is 0. The molecule has 0 unspecified atom stereocenters. The summed E-state index contributed by atoms with van der Waals surface area (Å²) in [7, 11) is 0. The molecule has 0 saturated heterocycles. The highest BCUT2D eigenvalue weighted by atomic mass is 19.4. The number of hydrogen-bond donors (Lipinski definition) is 0. The smallest absolute Gasteiger partial charge is 0.378 e. The number of halogens is 3. The third kappa shape index (κ3) is 9.62. The van der Waals surface area contributed by atoms with Crippen molar-refractivity contribution in [3.05, 3.63) is 35.4 Å². The molecule has 3 rings (SSSR count). The molecule has 2 saturated carbocycles. The molecule has 0 N–H and O–H groups in total. The van der Waals surface area contributed by atoms with E-state index in [0.717, 1.165) is 18.4 Å². The van der Waals surface area contributed by atoms with Crippen LogP contribution in [0.4, 0.5) is 13.2 Å². The molecule has 1 nitrogen and oxygen atoms in total. The van der Waals surface area contributed by atoms with Crippen molar-refractivity contribution in [3.8, 4) is 0 Å². The highest BCUT2D eigenvalue weighted by Gasteiger charge is 2.32. The van der Waals surface area contributed by atoms with E-state index in [-0.39, 0.29) is 0 Å². The monoisotopic (exact) mass is 466 g/mol. The van der Waals surface area contributed by atoms with Gasteiger partial charge in [-0.25, -0.2) is 0 Å². The Labute approximate surface area is 199 Å². The van der Waals surface area contributed by atoms with Crippen LogP contribution in [0.2, 0.25) is 0 Å². The van der Waals surface area contributed by atoms with Crippen molar-refractivity contribution in [2.24, 2.45) is 11.8 Å². The fourth-order valence-corrected chi connectivity index (χ4v) is 6.10. The standard InChI is InChI=1S/C29H45F3O/c1-2-3-4-5-6-7-8-21-33-28-19-17-27(18-20-28)26-15-13-25(14-16-26)24-11-9-23(10-12-24)22-29(30,31)32/h9-12,25-28H,2-8,13-22H2,1H3. The summed E-state index contributed by atoms with van der Waals surface area (Å²) in [5.74, 6) is 2.19. The summed E-state index contributed by atoms with van der Waals surface area (Å²) in [5.41, 5.74) is 1.59. The van der Waals surface area contributed by atoms with Crippen LogP contribution in [0.1, 0.15) is 120 Å². The Hall–Kier alpha value is -1.03. The second kappa shape index (κ2) is 13.8. The van der Waals surface area contributed by atoms with Crippen molar-refractivity contribution in [1.82, 2.24) is 0 Å². The molecule has 0 spiro atoms. The molecule has 0 bridgehead atoms. The van der Waals surface area contributed by atoms with Gasteiger partial charge in [-0.05, 0) is 86.7 Å². The van der Waals surface area contributed by atoms with Gasteiger partial charge in [0.05, 0.1) is 12.5 Å². The fraction of sp³-hybridized carbons (Fsp3) is 0.793. The average molecular weight is 467 g/mol. The van der Waals surface area contributed by atoms with Crippen molar-refractivity contribution >= 4 is 0 Å². The zero-order chi connectivity index (χ0) is 23.5. The van der Waals surface area contributed by atoms with Crippen molar-refractivity contribution in [1.29, 1.82) is 0 Å². The second-order valence-corrected chi connectivity index (χ2v) is 10.7. The van der Waals surface area contributed by atoms with Gasteiger partial charge < -0.3 is 4.74 Å². The molecule has 0 aliphatic heterocycles. The van der Waals surface area contributed by atoms with E-state index >= 15 is 0 Å². The van der Waals surface area contributed by atoms with Crippen LogP contribution in [0.5, 0.6) is 0 Å². The summed E-state index contributed by atoms with van der Waals surface area (Å²) in [5, 5.41) is 0. The third-order valence-corrected chi connectivity index (χ3v) is 8.11. The van der Waals surface area contributed by atoms with Crippen LogP contribution in [-0.2, 0) is 11.2 Å². The first-order chi connectivity index (χ1) is 15.9. The Balaban J connectivity index is 1.28. The Morgan fingerprint density at radius 1 is 0.727 bits per heavy atom. The summed E-state index contributed by atoms with van der Waals surface area (Å²) in [6.45, 7) is 3.20. The average Bonchev–Trinajstić information content (AvgIpc) is 2.81. The molecule has 2 aliphatic carbocycles. The fourth-order valence-electron chi connectivity index (χ4n) is 6.10. The maximum Gasteiger partial charge on any atom is 0.393 e. The molecule has 2 fully saturated rings. The maximum absolute atomic E-state index is 12.6. The Morgan fingerprint density at radius 3 is 1.85 bits per heavy atom. The minimum Gasteiger partial charge on any atom is -0.378 e. The lowest BCUT2D eigenvalue weighted by atomic mass is 9.69. The number of rotatable bonds is 12. The van der Waals surface area contributed by atoms with Crippen molar-refractivity contribution in [3.63, 3.8) is 0 Å². The van der Waals surface area contributed by atoms with Crippen LogP contribution < -0.4 is 0 Å². The van der Waals surface area contributed by atoms with E-state index in [1.165, 1.54) is 102 Å². The minimum absolute atomic E-state index is 0.367. The molecule has 33 heavy (non-hydrogen) atoms.